The minimum Gasteiger partial charge on any atom is -0.493 e. The van der Waals surface area contributed by atoms with Crippen LogP contribution in [0.5, 0.6) is 17.2 Å². The van der Waals surface area contributed by atoms with Gasteiger partial charge in [0.05, 0.1) is 32.8 Å². The molecule has 7 nitrogen and oxygen atoms in total. The summed E-state index contributed by atoms with van der Waals surface area (Å²) in [6.07, 6.45) is 7.10. The number of thiazole rings is 1. The fourth-order valence-electron chi connectivity index (χ4n) is 2.54. The second kappa shape index (κ2) is 10.2. The average molecular weight is 457 g/mol. The van der Waals surface area contributed by atoms with Gasteiger partial charge in [-0.05, 0) is 23.9 Å². The number of hydrogen-bond acceptors (Lipinski definition) is 10. The molecule has 0 aliphatic rings. The van der Waals surface area contributed by atoms with Crippen LogP contribution in [-0.2, 0) is 0 Å². The van der Waals surface area contributed by atoms with E-state index in [4.69, 9.17) is 20.6 Å². The van der Waals surface area contributed by atoms with Crippen LogP contribution in [-0.4, -0.2) is 42.0 Å². The van der Waals surface area contributed by atoms with Crippen LogP contribution >= 0.6 is 34.9 Å². The summed E-state index contributed by atoms with van der Waals surface area (Å²) in [6, 6.07) is 5.73. The topological polar surface area (TPSA) is 90.2 Å². The van der Waals surface area contributed by atoms with E-state index in [1.54, 1.807) is 18.3 Å². The molecule has 0 fully saturated rings. The number of aromatic nitrogens is 3. The lowest BCUT2D eigenvalue weighted by Gasteiger charge is -2.15. The maximum Gasteiger partial charge on any atom is 0.203 e. The maximum atomic E-state index is 9.92. The van der Waals surface area contributed by atoms with E-state index in [2.05, 4.69) is 26.9 Å². The highest BCUT2D eigenvalue weighted by molar-refractivity contribution is 8.01. The predicted octanol–water partition coefficient (Wildman–Crippen LogP) is 4.37. The van der Waals surface area contributed by atoms with E-state index in [-0.39, 0.29) is 0 Å². The summed E-state index contributed by atoms with van der Waals surface area (Å²) < 4.78 is 17.1. The van der Waals surface area contributed by atoms with Gasteiger partial charge in [0.2, 0.25) is 5.75 Å². The number of thioether (sulfide) groups is 1. The molecule has 0 saturated carbocycles. The molecule has 10 heteroatoms. The Morgan fingerprint density at radius 3 is 2.40 bits per heavy atom. The highest BCUT2D eigenvalue weighted by Gasteiger charge is 2.21. The van der Waals surface area contributed by atoms with Crippen molar-refractivity contribution in [1.29, 1.82) is 5.26 Å². The smallest absolute Gasteiger partial charge is 0.203 e. The number of hydrogen-bond donors (Lipinski definition) is 0. The summed E-state index contributed by atoms with van der Waals surface area (Å²) in [7, 11) is 4.59. The zero-order valence-corrected chi connectivity index (χ0v) is 18.8. The van der Waals surface area contributed by atoms with Crippen molar-refractivity contribution in [1.82, 2.24) is 15.0 Å². The third-order valence-corrected chi connectivity index (χ3v) is 6.41. The first-order valence-electron chi connectivity index (χ1n) is 8.41. The molecule has 0 amide bonds. The van der Waals surface area contributed by atoms with Gasteiger partial charge in [0.15, 0.2) is 21.0 Å². The zero-order chi connectivity index (χ0) is 21.5. The fraction of sp³-hybridized carbons (Fsp3) is 0.200. The van der Waals surface area contributed by atoms with Gasteiger partial charge in [-0.2, -0.15) is 5.26 Å². The second-order valence-electron chi connectivity index (χ2n) is 5.45. The van der Waals surface area contributed by atoms with E-state index in [0.29, 0.717) is 50.0 Å². The van der Waals surface area contributed by atoms with Crippen LogP contribution in [0.3, 0.4) is 0 Å². The standard InChI is InChI=1S/C20H16N4O3S3/c1-5-7-28-19-23-16(12-9-14(25-2)17(27-4)15(10-12)26-3)13(11-21)18(24-19)30-20-22-6-8-29-20/h1,6,8-10H,7H2,2-4H3. The Kier molecular flexibility index (Phi) is 7.41. The molecule has 0 radical (unpaired) electrons. The van der Waals surface area contributed by atoms with Crippen molar-refractivity contribution in [2.24, 2.45) is 0 Å². The molecular formula is C20H16N4O3S3. The normalized spacial score (nSPS) is 10.2. The van der Waals surface area contributed by atoms with Crippen LogP contribution in [0, 0.1) is 23.7 Å². The summed E-state index contributed by atoms with van der Waals surface area (Å²) >= 11 is 4.09. The minimum atomic E-state index is 0.328. The molecule has 0 bridgehead atoms. The number of benzene rings is 1. The monoisotopic (exact) mass is 456 g/mol. The van der Waals surface area contributed by atoms with Crippen molar-refractivity contribution in [2.75, 3.05) is 27.1 Å². The van der Waals surface area contributed by atoms with Crippen molar-refractivity contribution in [2.45, 2.75) is 14.5 Å². The van der Waals surface area contributed by atoms with Crippen LogP contribution < -0.4 is 14.2 Å². The number of terminal acetylenes is 1. The lowest BCUT2D eigenvalue weighted by Crippen LogP contribution is -2.01. The lowest BCUT2D eigenvalue weighted by atomic mass is 10.1. The Morgan fingerprint density at radius 1 is 1.13 bits per heavy atom. The average Bonchev–Trinajstić information content (AvgIpc) is 3.29. The molecule has 30 heavy (non-hydrogen) atoms. The van der Waals surface area contributed by atoms with Crippen LogP contribution in [0.4, 0.5) is 0 Å². The Balaban J connectivity index is 2.22. The molecule has 3 rings (SSSR count). The van der Waals surface area contributed by atoms with Gasteiger partial charge in [-0.15, -0.1) is 17.8 Å². The summed E-state index contributed by atoms with van der Waals surface area (Å²) in [6.45, 7) is 0. The van der Waals surface area contributed by atoms with Crippen LogP contribution in [0.15, 0.2) is 38.2 Å². The largest absolute Gasteiger partial charge is 0.493 e. The van der Waals surface area contributed by atoms with E-state index >= 15 is 0 Å². The Labute approximate surface area is 186 Å². The van der Waals surface area contributed by atoms with Crippen molar-refractivity contribution in [3.63, 3.8) is 0 Å². The Morgan fingerprint density at radius 2 is 1.87 bits per heavy atom. The van der Waals surface area contributed by atoms with E-state index in [9.17, 15) is 5.26 Å². The van der Waals surface area contributed by atoms with Crippen LogP contribution in [0.2, 0.25) is 0 Å². The first-order valence-corrected chi connectivity index (χ1v) is 11.1. The second-order valence-corrected chi connectivity index (χ2v) is 8.53. The molecule has 0 atom stereocenters. The van der Waals surface area contributed by atoms with Crippen molar-refractivity contribution in [3.8, 4) is 46.9 Å². The maximum absolute atomic E-state index is 9.92. The van der Waals surface area contributed by atoms with Crippen molar-refractivity contribution >= 4 is 34.9 Å². The van der Waals surface area contributed by atoms with Gasteiger partial charge >= 0.3 is 0 Å². The number of nitrogens with zero attached hydrogens (tertiary/aromatic N) is 4. The molecule has 2 heterocycles. The van der Waals surface area contributed by atoms with Gasteiger partial charge in [-0.25, -0.2) is 15.0 Å². The number of nitriles is 1. The summed E-state index contributed by atoms with van der Waals surface area (Å²) in [5, 5.41) is 12.8. The fourth-order valence-corrected chi connectivity index (χ4v) is 4.73. The Hall–Kier alpha value is -2.92. The molecular weight excluding hydrogens is 440 g/mol. The summed E-state index contributed by atoms with van der Waals surface area (Å²) in [4.78, 5) is 13.4. The van der Waals surface area contributed by atoms with Crippen molar-refractivity contribution in [3.05, 3.63) is 29.3 Å². The van der Waals surface area contributed by atoms with Gasteiger partial charge in [0.25, 0.3) is 0 Å². The number of rotatable bonds is 8. The molecule has 0 unspecified atom stereocenters. The highest BCUT2D eigenvalue weighted by Crippen LogP contribution is 2.43. The van der Waals surface area contributed by atoms with E-state index in [0.717, 1.165) is 4.34 Å². The summed E-state index contributed by atoms with van der Waals surface area (Å²) in [5.74, 6) is 4.34. The third kappa shape index (κ3) is 4.62. The van der Waals surface area contributed by atoms with Gasteiger partial charge in [-0.3, -0.25) is 0 Å². The van der Waals surface area contributed by atoms with E-state index in [1.165, 1.54) is 56.2 Å². The molecule has 0 N–H and O–H groups in total. The molecule has 0 saturated heterocycles. The zero-order valence-electron chi connectivity index (χ0n) is 16.3. The number of methoxy groups -OCH3 is 3. The lowest BCUT2D eigenvalue weighted by molar-refractivity contribution is 0.324. The number of ether oxygens (including phenoxy) is 3. The molecule has 0 aliphatic carbocycles. The van der Waals surface area contributed by atoms with Crippen molar-refractivity contribution < 1.29 is 14.2 Å². The minimum absolute atomic E-state index is 0.328. The van der Waals surface area contributed by atoms with Gasteiger partial charge in [0.1, 0.15) is 16.7 Å². The third-order valence-electron chi connectivity index (χ3n) is 3.78. The van der Waals surface area contributed by atoms with Crippen LogP contribution in [0.1, 0.15) is 5.56 Å². The SMILES string of the molecule is C#CCSc1nc(Sc2nccs2)c(C#N)c(-c2cc(OC)c(OC)c(OC)c2)n1. The predicted molar refractivity (Wildman–Crippen MR) is 118 cm³/mol. The van der Waals surface area contributed by atoms with E-state index < -0.39 is 0 Å². The molecule has 1 aromatic carbocycles. The van der Waals surface area contributed by atoms with Gasteiger partial charge in [-0.1, -0.05) is 17.7 Å². The van der Waals surface area contributed by atoms with E-state index in [1.807, 2.05) is 5.38 Å². The first-order chi connectivity index (χ1) is 14.6. The summed E-state index contributed by atoms with van der Waals surface area (Å²) in [5.41, 5.74) is 1.41. The molecule has 3 aromatic rings. The first kappa shape index (κ1) is 21.8. The molecule has 0 spiro atoms. The highest BCUT2D eigenvalue weighted by atomic mass is 32.2. The van der Waals surface area contributed by atoms with Gasteiger partial charge < -0.3 is 14.2 Å². The molecule has 2 aromatic heterocycles. The molecule has 152 valence electrons. The quantitative estimate of drug-likeness (QED) is 0.212. The Bertz CT molecular complexity index is 1100. The van der Waals surface area contributed by atoms with Gasteiger partial charge in [0, 0.05) is 17.1 Å². The molecule has 0 aliphatic heterocycles. The van der Waals surface area contributed by atoms with Crippen LogP contribution in [0.25, 0.3) is 11.3 Å².